The summed E-state index contributed by atoms with van der Waals surface area (Å²) in [6, 6.07) is 11.4. The molecule has 0 saturated heterocycles. The Bertz CT molecular complexity index is 981. The Hall–Kier alpha value is -1.88. The van der Waals surface area contributed by atoms with Crippen molar-refractivity contribution in [2.24, 2.45) is 0 Å². The van der Waals surface area contributed by atoms with E-state index in [-0.39, 0.29) is 5.91 Å². The molecule has 2 aromatic carbocycles. The first-order chi connectivity index (χ1) is 12.5. The van der Waals surface area contributed by atoms with Crippen LogP contribution in [0.2, 0.25) is 10.0 Å². The van der Waals surface area contributed by atoms with E-state index in [0.717, 1.165) is 22.2 Å². The number of fused-ring (bicyclic) bond motifs is 1. The van der Waals surface area contributed by atoms with Crippen molar-refractivity contribution in [1.82, 2.24) is 4.98 Å². The fourth-order valence-corrected chi connectivity index (χ4v) is 3.87. The first-order valence-electron chi connectivity index (χ1n) is 8.31. The molecule has 0 spiro atoms. The van der Waals surface area contributed by atoms with Crippen LogP contribution in [0, 0.1) is 0 Å². The van der Waals surface area contributed by atoms with Gasteiger partial charge in [0.15, 0.2) is 5.13 Å². The van der Waals surface area contributed by atoms with Gasteiger partial charge < -0.3 is 0 Å². The van der Waals surface area contributed by atoms with Gasteiger partial charge in [-0.25, -0.2) is 4.98 Å². The van der Waals surface area contributed by atoms with E-state index in [1.165, 1.54) is 23.0 Å². The number of nitrogens with one attached hydrogen (secondary N) is 1. The van der Waals surface area contributed by atoms with E-state index in [9.17, 15) is 4.79 Å². The van der Waals surface area contributed by atoms with Gasteiger partial charge in [0.25, 0.3) is 0 Å². The zero-order valence-corrected chi connectivity index (χ0v) is 16.8. The summed E-state index contributed by atoms with van der Waals surface area (Å²) in [5.41, 5.74) is 2.91. The van der Waals surface area contributed by atoms with Crippen molar-refractivity contribution < 1.29 is 4.79 Å². The summed E-state index contributed by atoms with van der Waals surface area (Å²) in [6.07, 6.45) is 4.18. The molecule has 1 aromatic heterocycles. The molecule has 0 bridgehead atoms. The summed E-state index contributed by atoms with van der Waals surface area (Å²) in [7, 11) is 0. The van der Waals surface area contributed by atoms with Crippen LogP contribution in [-0.2, 0) is 4.79 Å². The highest BCUT2D eigenvalue weighted by Crippen LogP contribution is 2.30. The number of amides is 1. The predicted octanol–water partition coefficient (Wildman–Crippen LogP) is 6.77. The molecular formula is C20H18Cl2N2OS. The number of hydrogen-bond donors (Lipinski definition) is 1. The van der Waals surface area contributed by atoms with Gasteiger partial charge in [0.1, 0.15) is 0 Å². The van der Waals surface area contributed by atoms with Crippen molar-refractivity contribution in [2.75, 3.05) is 5.32 Å². The zero-order valence-electron chi connectivity index (χ0n) is 14.4. The van der Waals surface area contributed by atoms with Gasteiger partial charge in [0.2, 0.25) is 5.91 Å². The lowest BCUT2D eigenvalue weighted by molar-refractivity contribution is -0.111. The zero-order chi connectivity index (χ0) is 18.7. The van der Waals surface area contributed by atoms with E-state index >= 15 is 0 Å². The molecule has 3 aromatic rings. The second-order valence-corrected chi connectivity index (χ2v) is 7.92. The minimum atomic E-state index is -0.253. The maximum absolute atomic E-state index is 12.2. The van der Waals surface area contributed by atoms with Gasteiger partial charge in [-0.2, -0.15) is 0 Å². The molecule has 1 unspecified atom stereocenters. The average Bonchev–Trinajstić information content (AvgIpc) is 3.01. The summed E-state index contributed by atoms with van der Waals surface area (Å²) in [5.74, 6) is 0.254. The van der Waals surface area contributed by atoms with Crippen LogP contribution in [0.5, 0.6) is 0 Å². The Morgan fingerprint density at radius 2 is 2.08 bits per heavy atom. The van der Waals surface area contributed by atoms with Crippen LogP contribution >= 0.6 is 34.5 Å². The Labute approximate surface area is 166 Å². The van der Waals surface area contributed by atoms with E-state index < -0.39 is 0 Å². The number of halogens is 2. The third kappa shape index (κ3) is 4.44. The molecule has 0 aliphatic rings. The van der Waals surface area contributed by atoms with Gasteiger partial charge in [-0.3, -0.25) is 10.1 Å². The molecule has 0 saturated carbocycles. The molecule has 1 amide bonds. The van der Waals surface area contributed by atoms with Crippen molar-refractivity contribution in [3.63, 3.8) is 0 Å². The van der Waals surface area contributed by atoms with Crippen molar-refractivity contribution in [1.29, 1.82) is 0 Å². The number of thiazole rings is 1. The average molecular weight is 405 g/mol. The minimum Gasteiger partial charge on any atom is -0.298 e. The number of benzene rings is 2. The third-order valence-corrected chi connectivity index (χ3v) is 5.70. The largest absolute Gasteiger partial charge is 0.298 e. The first-order valence-corrected chi connectivity index (χ1v) is 9.88. The predicted molar refractivity (Wildman–Crippen MR) is 112 cm³/mol. The van der Waals surface area contributed by atoms with Gasteiger partial charge in [0, 0.05) is 16.1 Å². The molecule has 3 nitrogen and oxygen atoms in total. The number of carbonyl (C=O) groups excluding carboxylic acids is 1. The van der Waals surface area contributed by atoms with Crippen LogP contribution < -0.4 is 5.32 Å². The van der Waals surface area contributed by atoms with E-state index in [2.05, 4.69) is 36.3 Å². The topological polar surface area (TPSA) is 42.0 Å². The van der Waals surface area contributed by atoms with Gasteiger partial charge in [-0.1, -0.05) is 60.5 Å². The van der Waals surface area contributed by atoms with Crippen molar-refractivity contribution >= 4 is 61.9 Å². The minimum absolute atomic E-state index is 0.253. The van der Waals surface area contributed by atoms with Gasteiger partial charge in [-0.05, 0) is 53.8 Å². The van der Waals surface area contributed by atoms with Crippen LogP contribution in [0.15, 0.2) is 42.5 Å². The maximum Gasteiger partial charge on any atom is 0.250 e. The fraction of sp³-hybridized carbons (Fsp3) is 0.200. The Kier molecular flexibility index (Phi) is 5.97. The summed E-state index contributed by atoms with van der Waals surface area (Å²) in [6.45, 7) is 4.38. The second-order valence-electron chi connectivity index (χ2n) is 6.04. The van der Waals surface area contributed by atoms with Crippen LogP contribution in [0.3, 0.4) is 0 Å². The van der Waals surface area contributed by atoms with Crippen LogP contribution in [-0.4, -0.2) is 10.9 Å². The van der Waals surface area contributed by atoms with Crippen LogP contribution in [0.4, 0.5) is 5.13 Å². The fourth-order valence-electron chi connectivity index (χ4n) is 2.49. The molecule has 0 radical (unpaired) electrons. The van der Waals surface area contributed by atoms with Crippen molar-refractivity contribution in [2.45, 2.75) is 26.2 Å². The Balaban J connectivity index is 1.73. The number of hydrogen-bond acceptors (Lipinski definition) is 3. The summed E-state index contributed by atoms with van der Waals surface area (Å²) in [4.78, 5) is 16.6. The molecule has 0 aliphatic carbocycles. The van der Waals surface area contributed by atoms with E-state index in [0.29, 0.717) is 21.1 Å². The maximum atomic E-state index is 12.2. The number of nitrogens with zero attached hydrogens (tertiary/aromatic N) is 1. The van der Waals surface area contributed by atoms with Crippen LogP contribution in [0.25, 0.3) is 16.3 Å². The lowest BCUT2D eigenvalue weighted by Crippen LogP contribution is -2.07. The molecule has 1 heterocycles. The number of carbonyl (C=O) groups is 1. The molecule has 6 heteroatoms. The van der Waals surface area contributed by atoms with Crippen molar-refractivity contribution in [3.8, 4) is 0 Å². The molecule has 3 rings (SSSR count). The lowest BCUT2D eigenvalue weighted by Gasteiger charge is -2.07. The number of rotatable bonds is 5. The third-order valence-electron chi connectivity index (χ3n) is 4.20. The molecular weight excluding hydrogens is 387 g/mol. The van der Waals surface area contributed by atoms with E-state index in [1.807, 2.05) is 6.07 Å². The number of aromatic nitrogens is 1. The summed E-state index contributed by atoms with van der Waals surface area (Å²) < 4.78 is 1.07. The highest BCUT2D eigenvalue weighted by molar-refractivity contribution is 7.22. The standard InChI is InChI=1S/C20H18Cl2N2OS/c1-3-12(2)14-5-8-17-18(10-14)26-20(23-17)24-19(25)9-6-13-4-7-15(21)11-16(13)22/h4-12H,3H2,1-2H3,(H,23,24,25)/b9-6+. The second kappa shape index (κ2) is 8.21. The van der Waals surface area contributed by atoms with Crippen molar-refractivity contribution in [3.05, 3.63) is 63.6 Å². The molecule has 1 N–H and O–H groups in total. The molecule has 1 atom stereocenters. The highest BCUT2D eigenvalue weighted by atomic mass is 35.5. The van der Waals surface area contributed by atoms with Gasteiger partial charge in [0.05, 0.1) is 10.2 Å². The summed E-state index contributed by atoms with van der Waals surface area (Å²) >= 11 is 13.4. The van der Waals surface area contributed by atoms with Gasteiger partial charge >= 0.3 is 0 Å². The monoisotopic (exact) mass is 404 g/mol. The highest BCUT2D eigenvalue weighted by Gasteiger charge is 2.09. The molecule has 0 aliphatic heterocycles. The SMILES string of the molecule is CCC(C)c1ccc2nc(NC(=O)/C=C/c3ccc(Cl)cc3Cl)sc2c1. The van der Waals surface area contributed by atoms with Crippen LogP contribution in [0.1, 0.15) is 37.3 Å². The molecule has 26 heavy (non-hydrogen) atoms. The summed E-state index contributed by atoms with van der Waals surface area (Å²) in [5, 5.41) is 4.45. The number of anilines is 1. The Morgan fingerprint density at radius 3 is 2.81 bits per heavy atom. The van der Waals surface area contributed by atoms with E-state index in [4.69, 9.17) is 23.2 Å². The molecule has 134 valence electrons. The van der Waals surface area contributed by atoms with E-state index in [1.54, 1.807) is 24.3 Å². The quantitative estimate of drug-likeness (QED) is 0.476. The van der Waals surface area contributed by atoms with Gasteiger partial charge in [-0.15, -0.1) is 0 Å². The normalized spacial score (nSPS) is 12.6. The molecule has 0 fully saturated rings. The first kappa shape index (κ1) is 18.9. The lowest BCUT2D eigenvalue weighted by atomic mass is 9.99. The Morgan fingerprint density at radius 1 is 1.27 bits per heavy atom. The smallest absolute Gasteiger partial charge is 0.250 e.